The van der Waals surface area contributed by atoms with Gasteiger partial charge in [0.1, 0.15) is 5.82 Å². The predicted molar refractivity (Wildman–Crippen MR) is 78.2 cm³/mol. The summed E-state index contributed by atoms with van der Waals surface area (Å²) in [7, 11) is 0. The normalized spacial score (nSPS) is 15.1. The standard InChI is InChI=1S/C15H13ClFN3/c16-14-6-7-15(19-18-14)20-8-2-4-12(10-20)11-3-1-5-13(17)9-11/h1,3-7,9H,2,8,10H2. The number of nitrogens with zero attached hydrogens (tertiary/aromatic N) is 3. The summed E-state index contributed by atoms with van der Waals surface area (Å²) in [6.45, 7) is 1.56. The van der Waals surface area contributed by atoms with Gasteiger partial charge in [-0.15, -0.1) is 10.2 Å². The summed E-state index contributed by atoms with van der Waals surface area (Å²) < 4.78 is 13.3. The van der Waals surface area contributed by atoms with Gasteiger partial charge in [-0.1, -0.05) is 29.8 Å². The van der Waals surface area contributed by atoms with E-state index in [0.29, 0.717) is 11.7 Å². The molecule has 0 atom stereocenters. The Labute approximate surface area is 121 Å². The molecule has 2 aromatic rings. The van der Waals surface area contributed by atoms with Gasteiger partial charge in [0.05, 0.1) is 0 Å². The number of hydrogen-bond donors (Lipinski definition) is 0. The maximum atomic E-state index is 13.3. The van der Waals surface area contributed by atoms with Crippen LogP contribution in [0.15, 0.2) is 42.5 Å². The Hall–Kier alpha value is -1.94. The summed E-state index contributed by atoms with van der Waals surface area (Å²) in [6.07, 6.45) is 3.05. The summed E-state index contributed by atoms with van der Waals surface area (Å²) in [6, 6.07) is 10.2. The summed E-state index contributed by atoms with van der Waals surface area (Å²) >= 11 is 5.75. The number of hydrogen-bond acceptors (Lipinski definition) is 3. The van der Waals surface area contributed by atoms with Crippen LogP contribution in [-0.4, -0.2) is 23.3 Å². The van der Waals surface area contributed by atoms with Crippen molar-refractivity contribution < 1.29 is 4.39 Å². The van der Waals surface area contributed by atoms with Gasteiger partial charge in [0.25, 0.3) is 0 Å². The molecular formula is C15H13ClFN3. The largest absolute Gasteiger partial charge is 0.350 e. The third-order valence-corrected chi connectivity index (χ3v) is 3.49. The number of halogens is 2. The fourth-order valence-corrected chi connectivity index (χ4v) is 2.42. The Bertz CT molecular complexity index is 640. The molecule has 0 bridgehead atoms. The lowest BCUT2D eigenvalue weighted by Crippen LogP contribution is -2.30. The Kier molecular flexibility index (Phi) is 3.65. The highest BCUT2D eigenvalue weighted by Crippen LogP contribution is 2.24. The van der Waals surface area contributed by atoms with E-state index < -0.39 is 0 Å². The molecule has 5 heteroatoms. The molecule has 0 spiro atoms. The van der Waals surface area contributed by atoms with Crippen molar-refractivity contribution in [2.24, 2.45) is 0 Å². The molecule has 2 heterocycles. The van der Waals surface area contributed by atoms with Crippen molar-refractivity contribution in [1.82, 2.24) is 10.2 Å². The van der Waals surface area contributed by atoms with E-state index in [1.165, 1.54) is 6.07 Å². The van der Waals surface area contributed by atoms with Crippen LogP contribution in [0.25, 0.3) is 5.57 Å². The second-order valence-corrected chi connectivity index (χ2v) is 5.05. The molecule has 1 aliphatic heterocycles. The topological polar surface area (TPSA) is 29.0 Å². The minimum atomic E-state index is -0.216. The number of anilines is 1. The van der Waals surface area contributed by atoms with E-state index in [-0.39, 0.29) is 5.82 Å². The van der Waals surface area contributed by atoms with Crippen LogP contribution in [0.1, 0.15) is 12.0 Å². The molecule has 1 aromatic heterocycles. The van der Waals surface area contributed by atoms with Crippen molar-refractivity contribution in [3.8, 4) is 0 Å². The third kappa shape index (κ3) is 2.80. The van der Waals surface area contributed by atoms with Crippen LogP contribution in [0.2, 0.25) is 5.15 Å². The van der Waals surface area contributed by atoms with Crippen LogP contribution in [-0.2, 0) is 0 Å². The molecule has 0 amide bonds. The van der Waals surface area contributed by atoms with Gasteiger partial charge in [-0.25, -0.2) is 4.39 Å². The van der Waals surface area contributed by atoms with Crippen molar-refractivity contribution in [1.29, 1.82) is 0 Å². The van der Waals surface area contributed by atoms with Gasteiger partial charge < -0.3 is 4.90 Å². The van der Waals surface area contributed by atoms with Gasteiger partial charge in [0.2, 0.25) is 0 Å². The minimum absolute atomic E-state index is 0.216. The molecule has 0 saturated carbocycles. The van der Waals surface area contributed by atoms with Crippen LogP contribution in [0.4, 0.5) is 10.2 Å². The van der Waals surface area contributed by atoms with Crippen molar-refractivity contribution in [2.45, 2.75) is 6.42 Å². The van der Waals surface area contributed by atoms with Crippen LogP contribution in [0.5, 0.6) is 0 Å². The van der Waals surface area contributed by atoms with Gasteiger partial charge in [-0.05, 0) is 41.8 Å². The Balaban J connectivity index is 1.82. The average molecular weight is 290 g/mol. The SMILES string of the molecule is Fc1cccc(C2=CCCN(c3ccc(Cl)nn3)C2)c1. The first-order valence-electron chi connectivity index (χ1n) is 6.41. The van der Waals surface area contributed by atoms with E-state index in [1.54, 1.807) is 18.2 Å². The van der Waals surface area contributed by atoms with E-state index in [2.05, 4.69) is 21.2 Å². The van der Waals surface area contributed by atoms with Gasteiger partial charge in [-0.2, -0.15) is 0 Å². The zero-order chi connectivity index (χ0) is 13.9. The monoisotopic (exact) mass is 289 g/mol. The van der Waals surface area contributed by atoms with Crippen LogP contribution in [0, 0.1) is 5.82 Å². The Morgan fingerprint density at radius 1 is 1.15 bits per heavy atom. The van der Waals surface area contributed by atoms with E-state index in [9.17, 15) is 4.39 Å². The molecule has 102 valence electrons. The second kappa shape index (κ2) is 5.59. The Morgan fingerprint density at radius 2 is 2.05 bits per heavy atom. The average Bonchev–Trinajstić information content (AvgIpc) is 2.48. The molecule has 0 saturated heterocycles. The summed E-state index contributed by atoms with van der Waals surface area (Å²) in [5, 5.41) is 8.33. The quantitative estimate of drug-likeness (QED) is 0.846. The number of rotatable bonds is 2. The minimum Gasteiger partial charge on any atom is -0.350 e. The van der Waals surface area contributed by atoms with Gasteiger partial charge in [0.15, 0.2) is 11.0 Å². The maximum absolute atomic E-state index is 13.3. The molecule has 0 radical (unpaired) electrons. The zero-order valence-corrected chi connectivity index (χ0v) is 11.5. The molecule has 0 unspecified atom stereocenters. The molecule has 3 rings (SSSR count). The van der Waals surface area contributed by atoms with Gasteiger partial charge in [-0.3, -0.25) is 0 Å². The fraction of sp³-hybridized carbons (Fsp3) is 0.200. The fourth-order valence-electron chi connectivity index (χ4n) is 2.31. The molecule has 0 aliphatic carbocycles. The summed E-state index contributed by atoms with van der Waals surface area (Å²) in [5.74, 6) is 0.572. The first-order valence-corrected chi connectivity index (χ1v) is 6.79. The van der Waals surface area contributed by atoms with E-state index in [0.717, 1.165) is 29.9 Å². The van der Waals surface area contributed by atoms with Crippen LogP contribution in [0.3, 0.4) is 0 Å². The summed E-state index contributed by atoms with van der Waals surface area (Å²) in [4.78, 5) is 2.11. The number of benzene rings is 1. The predicted octanol–water partition coefficient (Wildman–Crippen LogP) is 3.56. The Morgan fingerprint density at radius 3 is 2.80 bits per heavy atom. The van der Waals surface area contributed by atoms with Crippen LogP contribution < -0.4 is 4.90 Å². The molecule has 3 nitrogen and oxygen atoms in total. The lowest BCUT2D eigenvalue weighted by atomic mass is 10.0. The maximum Gasteiger partial charge on any atom is 0.151 e. The van der Waals surface area contributed by atoms with Gasteiger partial charge >= 0.3 is 0 Å². The third-order valence-electron chi connectivity index (χ3n) is 3.29. The van der Waals surface area contributed by atoms with Crippen molar-refractivity contribution in [2.75, 3.05) is 18.0 Å². The van der Waals surface area contributed by atoms with E-state index in [1.807, 2.05) is 12.1 Å². The second-order valence-electron chi connectivity index (χ2n) is 4.66. The number of aromatic nitrogens is 2. The summed E-state index contributed by atoms with van der Waals surface area (Å²) in [5.41, 5.74) is 2.02. The molecular weight excluding hydrogens is 277 g/mol. The van der Waals surface area contributed by atoms with E-state index >= 15 is 0 Å². The highest BCUT2D eigenvalue weighted by atomic mass is 35.5. The highest BCUT2D eigenvalue weighted by Gasteiger charge is 2.16. The molecule has 1 aromatic carbocycles. The lowest BCUT2D eigenvalue weighted by Gasteiger charge is -2.28. The lowest BCUT2D eigenvalue weighted by molar-refractivity contribution is 0.627. The van der Waals surface area contributed by atoms with Crippen molar-refractivity contribution in [3.63, 3.8) is 0 Å². The molecule has 0 fully saturated rings. The van der Waals surface area contributed by atoms with Crippen LogP contribution >= 0.6 is 11.6 Å². The molecule has 20 heavy (non-hydrogen) atoms. The molecule has 1 aliphatic rings. The van der Waals surface area contributed by atoms with Crippen molar-refractivity contribution >= 4 is 23.0 Å². The first-order chi connectivity index (χ1) is 9.72. The first kappa shape index (κ1) is 13.1. The smallest absolute Gasteiger partial charge is 0.151 e. The van der Waals surface area contributed by atoms with Gasteiger partial charge in [0, 0.05) is 13.1 Å². The van der Waals surface area contributed by atoms with E-state index in [4.69, 9.17) is 11.6 Å². The molecule has 0 N–H and O–H groups in total. The highest BCUT2D eigenvalue weighted by molar-refractivity contribution is 6.29. The van der Waals surface area contributed by atoms with Crippen molar-refractivity contribution in [3.05, 3.63) is 59.0 Å². The zero-order valence-electron chi connectivity index (χ0n) is 10.8.